The summed E-state index contributed by atoms with van der Waals surface area (Å²) in [6.07, 6.45) is 1.58. The number of benzene rings is 1. The average molecular weight is 279 g/mol. The fourth-order valence-corrected chi connectivity index (χ4v) is 2.20. The highest BCUT2D eigenvalue weighted by molar-refractivity contribution is 6.33. The molecule has 3 rings (SSSR count). The molecule has 0 radical (unpaired) electrons. The van der Waals surface area contributed by atoms with Crippen LogP contribution in [0.4, 0.5) is 0 Å². The van der Waals surface area contributed by atoms with E-state index in [2.05, 4.69) is 4.98 Å². The van der Waals surface area contributed by atoms with Crippen LogP contribution in [0, 0.1) is 0 Å². The molecule has 2 heterocycles. The van der Waals surface area contributed by atoms with Crippen molar-refractivity contribution in [1.29, 1.82) is 0 Å². The maximum Gasteiger partial charge on any atom is 0.155 e. The molecule has 0 aliphatic carbocycles. The van der Waals surface area contributed by atoms with Crippen LogP contribution in [0.5, 0.6) is 5.75 Å². The van der Waals surface area contributed by atoms with Gasteiger partial charge in [-0.2, -0.15) is 0 Å². The lowest BCUT2D eigenvalue weighted by Gasteiger charge is -2.02. The number of nitrogens with zero attached hydrogens (tertiary/aromatic N) is 2. The highest BCUT2D eigenvalue weighted by Crippen LogP contribution is 2.28. The zero-order valence-electron chi connectivity index (χ0n) is 9.14. The third-order valence-corrected chi connectivity index (χ3v) is 3.21. The lowest BCUT2D eigenvalue weighted by atomic mass is 10.2. The van der Waals surface area contributed by atoms with Crippen molar-refractivity contribution < 1.29 is 5.11 Å². The quantitative estimate of drug-likeness (QED) is 0.730. The first kappa shape index (κ1) is 11.4. The number of pyridine rings is 1. The van der Waals surface area contributed by atoms with Crippen LogP contribution in [-0.4, -0.2) is 14.5 Å². The summed E-state index contributed by atoms with van der Waals surface area (Å²) >= 11 is 11.9. The molecule has 2 aromatic heterocycles. The molecule has 0 saturated heterocycles. The Kier molecular flexibility index (Phi) is 2.65. The lowest BCUT2D eigenvalue weighted by molar-refractivity contribution is 0.472. The van der Waals surface area contributed by atoms with E-state index in [0.717, 1.165) is 11.1 Å². The lowest BCUT2D eigenvalue weighted by Crippen LogP contribution is -1.88. The van der Waals surface area contributed by atoms with Crippen molar-refractivity contribution in [3.8, 4) is 17.1 Å². The summed E-state index contributed by atoms with van der Waals surface area (Å²) in [5.74, 6) is 0.828. The number of hydrogen-bond acceptors (Lipinski definition) is 2. The van der Waals surface area contributed by atoms with E-state index in [1.54, 1.807) is 34.9 Å². The van der Waals surface area contributed by atoms with Crippen LogP contribution in [-0.2, 0) is 0 Å². The smallest absolute Gasteiger partial charge is 0.155 e. The standard InChI is InChI=1S/C13H8Cl2N2O/c14-9-3-1-8(2-4-9)13-16-12(15)11-6-5-10(18)7-17(11)13/h1-7,18H. The molecule has 90 valence electrons. The van der Waals surface area contributed by atoms with Gasteiger partial charge in [0, 0.05) is 10.6 Å². The second-order valence-corrected chi connectivity index (χ2v) is 4.67. The third kappa shape index (κ3) is 1.82. The number of halogens is 2. The minimum Gasteiger partial charge on any atom is -0.506 e. The van der Waals surface area contributed by atoms with Crippen molar-refractivity contribution in [3.05, 3.63) is 52.8 Å². The molecule has 3 nitrogen and oxygen atoms in total. The SMILES string of the molecule is Oc1ccc2c(Cl)nc(-c3ccc(Cl)cc3)n2c1. The molecular formula is C13H8Cl2N2O. The van der Waals surface area contributed by atoms with E-state index >= 15 is 0 Å². The van der Waals surface area contributed by atoms with Gasteiger partial charge in [-0.25, -0.2) is 4.98 Å². The van der Waals surface area contributed by atoms with Crippen LogP contribution < -0.4 is 0 Å². The number of rotatable bonds is 1. The van der Waals surface area contributed by atoms with Crippen LogP contribution in [0.2, 0.25) is 10.2 Å². The van der Waals surface area contributed by atoms with Crippen LogP contribution in [0.1, 0.15) is 0 Å². The Hall–Kier alpha value is -1.71. The molecule has 0 fully saturated rings. The maximum absolute atomic E-state index is 9.54. The fraction of sp³-hybridized carbons (Fsp3) is 0. The van der Waals surface area contributed by atoms with Gasteiger partial charge >= 0.3 is 0 Å². The minimum atomic E-state index is 0.159. The predicted molar refractivity (Wildman–Crippen MR) is 72.3 cm³/mol. The number of fused-ring (bicyclic) bond motifs is 1. The van der Waals surface area contributed by atoms with Gasteiger partial charge in [0.15, 0.2) is 5.15 Å². The summed E-state index contributed by atoms with van der Waals surface area (Å²) in [4.78, 5) is 4.30. The molecule has 0 unspecified atom stereocenters. The Morgan fingerprint density at radius 3 is 2.44 bits per heavy atom. The number of aromatic hydroxyl groups is 1. The van der Waals surface area contributed by atoms with E-state index in [1.807, 2.05) is 12.1 Å². The number of hydrogen-bond donors (Lipinski definition) is 1. The van der Waals surface area contributed by atoms with Crippen molar-refractivity contribution >= 4 is 28.7 Å². The number of imidazole rings is 1. The van der Waals surface area contributed by atoms with Crippen molar-refractivity contribution in [3.63, 3.8) is 0 Å². The topological polar surface area (TPSA) is 37.5 Å². The van der Waals surface area contributed by atoms with Crippen molar-refractivity contribution in [2.75, 3.05) is 0 Å². The maximum atomic E-state index is 9.54. The van der Waals surface area contributed by atoms with E-state index in [-0.39, 0.29) is 5.75 Å². The molecule has 0 amide bonds. The summed E-state index contributed by atoms with van der Waals surface area (Å²) in [6, 6.07) is 10.6. The van der Waals surface area contributed by atoms with Gasteiger partial charge in [-0.05, 0) is 36.4 Å². The van der Waals surface area contributed by atoms with E-state index in [1.165, 1.54) is 0 Å². The zero-order chi connectivity index (χ0) is 12.7. The summed E-state index contributed by atoms with van der Waals surface area (Å²) in [6.45, 7) is 0. The Morgan fingerprint density at radius 2 is 1.72 bits per heavy atom. The second kappa shape index (κ2) is 4.19. The van der Waals surface area contributed by atoms with Gasteiger partial charge in [-0.15, -0.1) is 0 Å². The van der Waals surface area contributed by atoms with E-state index in [9.17, 15) is 5.11 Å². The summed E-state index contributed by atoms with van der Waals surface area (Å²) < 4.78 is 1.75. The van der Waals surface area contributed by atoms with Crippen molar-refractivity contribution in [1.82, 2.24) is 9.38 Å². The number of aromatic nitrogens is 2. The van der Waals surface area contributed by atoms with E-state index in [4.69, 9.17) is 23.2 Å². The minimum absolute atomic E-state index is 0.159. The molecule has 1 aromatic carbocycles. The van der Waals surface area contributed by atoms with Gasteiger partial charge < -0.3 is 5.11 Å². The van der Waals surface area contributed by atoms with Gasteiger partial charge in [0.1, 0.15) is 11.6 Å². The molecule has 0 aliphatic rings. The molecular weight excluding hydrogens is 271 g/mol. The van der Waals surface area contributed by atoms with E-state index < -0.39 is 0 Å². The van der Waals surface area contributed by atoms with Gasteiger partial charge in [0.25, 0.3) is 0 Å². The summed E-state index contributed by atoms with van der Waals surface area (Å²) in [5, 5.41) is 10.6. The average Bonchev–Trinajstić information content (AvgIpc) is 2.67. The molecule has 5 heteroatoms. The van der Waals surface area contributed by atoms with Gasteiger partial charge in [-0.3, -0.25) is 4.40 Å². The highest BCUT2D eigenvalue weighted by Gasteiger charge is 2.11. The zero-order valence-corrected chi connectivity index (χ0v) is 10.7. The molecule has 0 bridgehead atoms. The first-order valence-electron chi connectivity index (χ1n) is 5.27. The Bertz CT molecular complexity index is 720. The molecule has 0 saturated carbocycles. The normalized spacial score (nSPS) is 11.0. The summed E-state index contributed by atoms with van der Waals surface area (Å²) in [5.41, 5.74) is 1.63. The Labute approximate surface area is 113 Å². The van der Waals surface area contributed by atoms with Crippen LogP contribution >= 0.6 is 23.2 Å². The van der Waals surface area contributed by atoms with Gasteiger partial charge in [0.2, 0.25) is 0 Å². The van der Waals surface area contributed by atoms with E-state index in [0.29, 0.717) is 16.0 Å². The van der Waals surface area contributed by atoms with Crippen LogP contribution in [0.25, 0.3) is 16.9 Å². The summed E-state index contributed by atoms with van der Waals surface area (Å²) in [7, 11) is 0. The fourth-order valence-electron chi connectivity index (χ4n) is 1.84. The van der Waals surface area contributed by atoms with Crippen molar-refractivity contribution in [2.24, 2.45) is 0 Å². The Morgan fingerprint density at radius 1 is 1.00 bits per heavy atom. The molecule has 0 aliphatic heterocycles. The van der Waals surface area contributed by atoms with Crippen LogP contribution in [0.15, 0.2) is 42.6 Å². The van der Waals surface area contributed by atoms with Gasteiger partial charge in [-0.1, -0.05) is 23.2 Å². The molecule has 18 heavy (non-hydrogen) atoms. The molecule has 1 N–H and O–H groups in total. The molecule has 0 spiro atoms. The second-order valence-electron chi connectivity index (χ2n) is 3.88. The molecule has 0 atom stereocenters. The van der Waals surface area contributed by atoms with Crippen molar-refractivity contribution in [2.45, 2.75) is 0 Å². The first-order valence-corrected chi connectivity index (χ1v) is 6.03. The largest absolute Gasteiger partial charge is 0.506 e. The highest BCUT2D eigenvalue weighted by atomic mass is 35.5. The predicted octanol–water partition coefficient (Wildman–Crippen LogP) is 4.01. The Balaban J connectivity index is 2.28. The first-order chi connectivity index (χ1) is 8.65. The molecule has 3 aromatic rings. The third-order valence-electron chi connectivity index (χ3n) is 2.68. The van der Waals surface area contributed by atoms with Gasteiger partial charge in [0.05, 0.1) is 11.7 Å². The monoisotopic (exact) mass is 278 g/mol. The van der Waals surface area contributed by atoms with Crippen LogP contribution in [0.3, 0.4) is 0 Å².